The third-order valence-corrected chi connectivity index (χ3v) is 2.45. The van der Waals surface area contributed by atoms with Gasteiger partial charge < -0.3 is 10.2 Å². The molecular formula is C12H14FN3O. The summed E-state index contributed by atoms with van der Waals surface area (Å²) in [5, 5.41) is 0.739. The molecule has 3 N–H and O–H groups in total. The highest BCUT2D eigenvalue weighted by atomic mass is 19.1. The minimum Gasteiger partial charge on any atom is -0.491 e. The van der Waals surface area contributed by atoms with Crippen molar-refractivity contribution in [1.82, 2.24) is 4.98 Å². The number of rotatable bonds is 3. The SMILES string of the molecule is CCOc1cc2c(NN)cc(C)nc2cc1F. The molecule has 0 saturated heterocycles. The monoisotopic (exact) mass is 235 g/mol. The van der Waals surface area contributed by atoms with E-state index in [1.54, 1.807) is 19.1 Å². The van der Waals surface area contributed by atoms with Crippen LogP contribution >= 0.6 is 0 Å². The summed E-state index contributed by atoms with van der Waals surface area (Å²) >= 11 is 0. The zero-order valence-corrected chi connectivity index (χ0v) is 9.75. The molecule has 2 rings (SSSR count). The fourth-order valence-electron chi connectivity index (χ4n) is 1.75. The van der Waals surface area contributed by atoms with Crippen molar-refractivity contribution in [3.05, 3.63) is 29.7 Å². The highest BCUT2D eigenvalue weighted by Crippen LogP contribution is 2.29. The van der Waals surface area contributed by atoms with Gasteiger partial charge in [0.25, 0.3) is 0 Å². The molecule has 0 fully saturated rings. The molecule has 90 valence electrons. The lowest BCUT2D eigenvalue weighted by molar-refractivity contribution is 0.322. The summed E-state index contributed by atoms with van der Waals surface area (Å²) < 4.78 is 18.9. The van der Waals surface area contributed by atoms with Crippen LogP contribution in [0.4, 0.5) is 10.1 Å². The molecule has 17 heavy (non-hydrogen) atoms. The third-order valence-electron chi connectivity index (χ3n) is 2.45. The summed E-state index contributed by atoms with van der Waals surface area (Å²) in [6.45, 7) is 4.04. The zero-order chi connectivity index (χ0) is 12.4. The Morgan fingerprint density at radius 3 is 2.82 bits per heavy atom. The first kappa shape index (κ1) is 11.6. The maximum atomic E-state index is 13.7. The van der Waals surface area contributed by atoms with Crippen LogP contribution in [0.15, 0.2) is 18.2 Å². The number of hydrogen-bond acceptors (Lipinski definition) is 4. The van der Waals surface area contributed by atoms with Crippen molar-refractivity contribution in [1.29, 1.82) is 0 Å². The maximum absolute atomic E-state index is 13.7. The van der Waals surface area contributed by atoms with E-state index in [0.717, 1.165) is 11.1 Å². The molecule has 0 radical (unpaired) electrons. The maximum Gasteiger partial charge on any atom is 0.167 e. The summed E-state index contributed by atoms with van der Waals surface area (Å²) in [6, 6.07) is 4.76. The van der Waals surface area contributed by atoms with Crippen molar-refractivity contribution in [3.8, 4) is 5.75 Å². The van der Waals surface area contributed by atoms with Crippen molar-refractivity contribution in [2.75, 3.05) is 12.0 Å². The Labute approximate surface area is 98.6 Å². The van der Waals surface area contributed by atoms with Gasteiger partial charge in [0.05, 0.1) is 17.8 Å². The van der Waals surface area contributed by atoms with E-state index in [9.17, 15) is 4.39 Å². The van der Waals surface area contributed by atoms with Crippen LogP contribution in [0.1, 0.15) is 12.6 Å². The molecule has 0 unspecified atom stereocenters. The van der Waals surface area contributed by atoms with Crippen molar-refractivity contribution < 1.29 is 9.13 Å². The smallest absolute Gasteiger partial charge is 0.167 e. The second kappa shape index (κ2) is 4.55. The predicted molar refractivity (Wildman–Crippen MR) is 65.4 cm³/mol. The van der Waals surface area contributed by atoms with E-state index in [2.05, 4.69) is 10.4 Å². The minimum absolute atomic E-state index is 0.210. The summed E-state index contributed by atoms with van der Waals surface area (Å²) in [7, 11) is 0. The van der Waals surface area contributed by atoms with Crippen LogP contribution in [0.3, 0.4) is 0 Å². The molecule has 0 saturated carbocycles. The van der Waals surface area contributed by atoms with Gasteiger partial charge in [-0.15, -0.1) is 0 Å². The standard InChI is InChI=1S/C12H14FN3O/c1-3-17-12-5-8-10(6-9(12)13)15-7(2)4-11(8)16-14/h4-6H,3,14H2,1-2H3,(H,15,16). The Bertz CT molecular complexity index is 557. The lowest BCUT2D eigenvalue weighted by Crippen LogP contribution is -2.08. The molecule has 0 aliphatic rings. The van der Waals surface area contributed by atoms with E-state index in [1.165, 1.54) is 6.07 Å². The van der Waals surface area contributed by atoms with Gasteiger partial charge in [-0.25, -0.2) is 4.39 Å². The van der Waals surface area contributed by atoms with Gasteiger partial charge in [0.15, 0.2) is 11.6 Å². The largest absolute Gasteiger partial charge is 0.491 e. The van der Waals surface area contributed by atoms with Crippen LogP contribution in [0, 0.1) is 12.7 Å². The number of ether oxygens (including phenoxy) is 1. The average molecular weight is 235 g/mol. The van der Waals surface area contributed by atoms with Gasteiger partial charge >= 0.3 is 0 Å². The Balaban J connectivity index is 2.69. The van der Waals surface area contributed by atoms with E-state index in [1.807, 2.05) is 6.92 Å². The van der Waals surface area contributed by atoms with Crippen LogP contribution in [-0.4, -0.2) is 11.6 Å². The molecule has 0 atom stereocenters. The average Bonchev–Trinajstić information content (AvgIpc) is 2.29. The third kappa shape index (κ3) is 2.14. The summed E-state index contributed by atoms with van der Waals surface area (Å²) in [5.74, 6) is 5.23. The molecule has 0 spiro atoms. The second-order valence-electron chi connectivity index (χ2n) is 3.69. The summed E-state index contributed by atoms with van der Waals surface area (Å²) in [6.07, 6.45) is 0. The molecule has 1 heterocycles. The lowest BCUT2D eigenvalue weighted by atomic mass is 10.1. The van der Waals surface area contributed by atoms with E-state index >= 15 is 0 Å². The first-order valence-electron chi connectivity index (χ1n) is 5.36. The Kier molecular flexibility index (Phi) is 3.10. The number of anilines is 1. The number of hydrogen-bond donors (Lipinski definition) is 2. The molecule has 0 aliphatic heterocycles. The van der Waals surface area contributed by atoms with Gasteiger partial charge in [0, 0.05) is 17.1 Å². The normalized spacial score (nSPS) is 10.6. The van der Waals surface area contributed by atoms with E-state index in [4.69, 9.17) is 10.6 Å². The van der Waals surface area contributed by atoms with Crippen LogP contribution in [0.25, 0.3) is 10.9 Å². The highest BCUT2D eigenvalue weighted by Gasteiger charge is 2.10. The number of benzene rings is 1. The predicted octanol–water partition coefficient (Wildman–Crippen LogP) is 2.37. The lowest BCUT2D eigenvalue weighted by Gasteiger charge is -2.10. The molecule has 4 nitrogen and oxygen atoms in total. The molecule has 0 bridgehead atoms. The van der Waals surface area contributed by atoms with Crippen molar-refractivity contribution >= 4 is 16.6 Å². The van der Waals surface area contributed by atoms with Gasteiger partial charge in [-0.2, -0.15) is 0 Å². The van der Waals surface area contributed by atoms with E-state index in [-0.39, 0.29) is 5.75 Å². The number of aromatic nitrogens is 1. The number of nitrogens with one attached hydrogen (secondary N) is 1. The molecule has 5 heteroatoms. The van der Waals surface area contributed by atoms with Gasteiger partial charge in [0.1, 0.15) is 0 Å². The first-order valence-corrected chi connectivity index (χ1v) is 5.36. The molecule has 1 aromatic carbocycles. The number of fused-ring (bicyclic) bond motifs is 1. The Hall–Kier alpha value is -1.88. The summed E-state index contributed by atoms with van der Waals surface area (Å²) in [5.41, 5.74) is 4.61. The fraction of sp³-hybridized carbons (Fsp3) is 0.250. The van der Waals surface area contributed by atoms with Crippen molar-refractivity contribution in [2.24, 2.45) is 5.84 Å². The van der Waals surface area contributed by atoms with Crippen LogP contribution in [0.2, 0.25) is 0 Å². The number of pyridine rings is 1. The summed E-state index contributed by atoms with van der Waals surface area (Å²) in [4.78, 5) is 4.26. The van der Waals surface area contributed by atoms with Crippen LogP contribution in [-0.2, 0) is 0 Å². The highest BCUT2D eigenvalue weighted by molar-refractivity contribution is 5.92. The molecule has 0 amide bonds. The molecule has 1 aromatic heterocycles. The molecule has 0 aliphatic carbocycles. The minimum atomic E-state index is -0.416. The van der Waals surface area contributed by atoms with Gasteiger partial charge in [0.2, 0.25) is 0 Å². The number of nitrogen functional groups attached to an aromatic ring is 1. The van der Waals surface area contributed by atoms with Crippen LogP contribution < -0.4 is 16.0 Å². The quantitative estimate of drug-likeness (QED) is 0.633. The Morgan fingerprint density at radius 1 is 1.41 bits per heavy atom. The van der Waals surface area contributed by atoms with E-state index in [0.29, 0.717) is 17.8 Å². The number of nitrogens with zero attached hydrogens (tertiary/aromatic N) is 1. The van der Waals surface area contributed by atoms with Crippen LogP contribution in [0.5, 0.6) is 5.75 Å². The molecular weight excluding hydrogens is 221 g/mol. The Morgan fingerprint density at radius 2 is 2.18 bits per heavy atom. The van der Waals surface area contributed by atoms with Crippen molar-refractivity contribution in [3.63, 3.8) is 0 Å². The van der Waals surface area contributed by atoms with Gasteiger partial charge in [-0.05, 0) is 26.0 Å². The van der Waals surface area contributed by atoms with E-state index < -0.39 is 5.82 Å². The second-order valence-corrected chi connectivity index (χ2v) is 3.69. The topological polar surface area (TPSA) is 60.2 Å². The fourth-order valence-corrected chi connectivity index (χ4v) is 1.75. The number of nitrogens with two attached hydrogens (primary N) is 1. The number of aryl methyl sites for hydroxylation is 1. The molecule has 2 aromatic rings. The number of hydrazine groups is 1. The van der Waals surface area contributed by atoms with Gasteiger partial charge in [-0.1, -0.05) is 0 Å². The zero-order valence-electron chi connectivity index (χ0n) is 9.75. The number of halogens is 1. The van der Waals surface area contributed by atoms with Crippen molar-refractivity contribution in [2.45, 2.75) is 13.8 Å². The first-order chi connectivity index (χ1) is 8.15. The van der Waals surface area contributed by atoms with Gasteiger partial charge in [-0.3, -0.25) is 10.8 Å².